The minimum absolute atomic E-state index is 0.0168. The molecule has 0 bridgehead atoms. The molecule has 0 aliphatic heterocycles. The summed E-state index contributed by atoms with van der Waals surface area (Å²) >= 11 is 19.9. The number of carboxylic acids is 1. The minimum Gasteiger partial charge on any atom is -0.480 e. The van der Waals surface area contributed by atoms with Crippen molar-refractivity contribution in [3.05, 3.63) is 63.1 Å². The average Bonchev–Trinajstić information content (AvgIpc) is 3.16. The summed E-state index contributed by atoms with van der Waals surface area (Å²) in [6.07, 6.45) is 0. The fraction of sp³-hybridized carbons (Fsp3) is 0.105. The Balaban J connectivity index is 1.68. The highest BCUT2D eigenvalue weighted by molar-refractivity contribution is 8.03. The van der Waals surface area contributed by atoms with Gasteiger partial charge in [-0.25, -0.2) is 4.79 Å². The van der Waals surface area contributed by atoms with Crippen molar-refractivity contribution in [2.24, 2.45) is 0 Å². The highest BCUT2D eigenvalue weighted by atomic mass is 35.5. The Kier molecular flexibility index (Phi) is 7.79. The third-order valence-corrected chi connectivity index (χ3v) is 8.78. The second-order valence-electron chi connectivity index (χ2n) is 5.61. The molecular weight excluding hydrogens is 495 g/mol. The van der Waals surface area contributed by atoms with Gasteiger partial charge < -0.3 is 9.84 Å². The lowest BCUT2D eigenvalue weighted by atomic mass is 10.1. The third kappa shape index (κ3) is 5.63. The maximum absolute atomic E-state index is 12.6. The van der Waals surface area contributed by atoms with Crippen molar-refractivity contribution >= 4 is 79.0 Å². The molecule has 0 atom stereocenters. The number of rotatable bonds is 8. The lowest BCUT2D eigenvalue weighted by Gasteiger charge is -2.09. The first-order valence-electron chi connectivity index (χ1n) is 8.03. The Hall–Kier alpha value is -1.35. The first kappa shape index (κ1) is 22.3. The Morgan fingerprint density at radius 3 is 2.59 bits per heavy atom. The summed E-state index contributed by atoms with van der Waals surface area (Å²) < 4.78 is 6.05. The van der Waals surface area contributed by atoms with Crippen molar-refractivity contribution in [3.63, 3.8) is 0 Å². The second kappa shape index (κ2) is 10.1. The molecule has 1 aromatic heterocycles. The number of Topliss-reactive ketones (excluding diaryl/α,β-unsaturated/α-hetero) is 1. The highest BCUT2D eigenvalue weighted by Crippen LogP contribution is 2.40. The number of ether oxygens (including phenoxy) is 1. The molecule has 0 saturated carbocycles. The second-order valence-corrected chi connectivity index (χ2v) is 10.3. The number of carboxylic acid groups (broad SMARTS) is 1. The van der Waals surface area contributed by atoms with Crippen LogP contribution in [0.2, 0.25) is 15.1 Å². The molecule has 3 rings (SSSR count). The van der Waals surface area contributed by atoms with Crippen LogP contribution in [-0.4, -0.2) is 29.2 Å². The zero-order chi connectivity index (χ0) is 21.0. The number of thioether (sulfide) groups is 1. The molecular formula is C19H12Cl3O4S3+. The average molecular weight is 507 g/mol. The normalized spacial score (nSPS) is 10.7. The maximum Gasteiger partial charge on any atom is 0.341 e. The Morgan fingerprint density at radius 1 is 1.10 bits per heavy atom. The fourth-order valence-corrected chi connectivity index (χ4v) is 6.81. The summed E-state index contributed by atoms with van der Waals surface area (Å²) in [5.74, 6) is -1.03. The Morgan fingerprint density at radius 2 is 1.86 bits per heavy atom. The van der Waals surface area contributed by atoms with Gasteiger partial charge in [0.15, 0.2) is 22.7 Å². The van der Waals surface area contributed by atoms with Gasteiger partial charge in [0.05, 0.1) is 10.8 Å². The van der Waals surface area contributed by atoms with Gasteiger partial charge in [-0.15, -0.1) is 0 Å². The molecule has 1 N–H and O–H groups in total. The number of carbonyl (C=O) groups is 2. The van der Waals surface area contributed by atoms with E-state index in [1.165, 1.54) is 23.9 Å². The van der Waals surface area contributed by atoms with Crippen LogP contribution in [0.25, 0.3) is 10.4 Å². The highest BCUT2D eigenvalue weighted by Gasteiger charge is 2.21. The topological polar surface area (TPSA) is 63.6 Å². The van der Waals surface area contributed by atoms with Crippen LogP contribution in [0.5, 0.6) is 5.75 Å². The lowest BCUT2D eigenvalue weighted by molar-refractivity contribution is -0.139. The molecule has 0 aliphatic rings. The van der Waals surface area contributed by atoms with Crippen molar-refractivity contribution in [2.75, 3.05) is 12.4 Å². The van der Waals surface area contributed by atoms with E-state index in [9.17, 15) is 9.59 Å². The summed E-state index contributed by atoms with van der Waals surface area (Å²) in [7, 11) is 3.16. The molecule has 10 heteroatoms. The van der Waals surface area contributed by atoms with E-state index < -0.39 is 12.6 Å². The molecule has 0 unspecified atom stereocenters. The number of aliphatic carboxylic acids is 1. The van der Waals surface area contributed by atoms with Gasteiger partial charge in [-0.2, -0.15) is 0 Å². The molecule has 3 aromatic rings. The van der Waals surface area contributed by atoms with Crippen LogP contribution in [0.3, 0.4) is 0 Å². The predicted octanol–water partition coefficient (Wildman–Crippen LogP) is 7.16. The van der Waals surface area contributed by atoms with E-state index in [1.807, 2.05) is 30.3 Å². The molecule has 2 aromatic carbocycles. The molecule has 0 spiro atoms. The van der Waals surface area contributed by atoms with E-state index in [0.717, 1.165) is 14.6 Å². The number of ketones is 1. The summed E-state index contributed by atoms with van der Waals surface area (Å²) in [4.78, 5) is 24.2. The molecule has 150 valence electrons. The van der Waals surface area contributed by atoms with Gasteiger partial charge in [0.25, 0.3) is 4.21 Å². The SMILES string of the molecule is O=C(O)COc1ccc(C(=O)CSc2cc(-c3ccccc3Cl)s[s+]2)c(Cl)c1Cl. The molecule has 0 radical (unpaired) electrons. The summed E-state index contributed by atoms with van der Waals surface area (Å²) in [5.41, 5.74) is 1.22. The monoisotopic (exact) mass is 505 g/mol. The lowest BCUT2D eigenvalue weighted by Crippen LogP contribution is -2.10. The fourth-order valence-electron chi connectivity index (χ4n) is 2.30. The predicted molar refractivity (Wildman–Crippen MR) is 122 cm³/mol. The van der Waals surface area contributed by atoms with Crippen LogP contribution in [-0.2, 0) is 4.79 Å². The van der Waals surface area contributed by atoms with E-state index in [0.29, 0.717) is 5.02 Å². The quantitative estimate of drug-likeness (QED) is 0.152. The van der Waals surface area contributed by atoms with Crippen LogP contribution in [0.1, 0.15) is 10.4 Å². The van der Waals surface area contributed by atoms with Gasteiger partial charge in [0, 0.05) is 22.2 Å². The Labute approximate surface area is 193 Å². The number of carbonyl (C=O) groups excluding carboxylic acids is 1. The first-order valence-corrected chi connectivity index (χ1v) is 12.3. The molecule has 0 aliphatic carbocycles. The number of benzene rings is 2. The zero-order valence-electron chi connectivity index (χ0n) is 14.5. The van der Waals surface area contributed by atoms with Crippen molar-refractivity contribution in [3.8, 4) is 16.2 Å². The van der Waals surface area contributed by atoms with Crippen LogP contribution < -0.4 is 4.74 Å². The Bertz CT molecular complexity index is 1070. The van der Waals surface area contributed by atoms with Gasteiger partial charge in [0.2, 0.25) is 0 Å². The smallest absolute Gasteiger partial charge is 0.341 e. The van der Waals surface area contributed by atoms with Gasteiger partial charge in [-0.05, 0) is 18.2 Å². The van der Waals surface area contributed by atoms with Gasteiger partial charge in [-0.1, -0.05) is 64.8 Å². The van der Waals surface area contributed by atoms with E-state index in [1.54, 1.807) is 20.7 Å². The summed E-state index contributed by atoms with van der Waals surface area (Å²) in [6.45, 7) is -0.549. The van der Waals surface area contributed by atoms with E-state index in [-0.39, 0.29) is 32.9 Å². The first-order chi connectivity index (χ1) is 13.9. The van der Waals surface area contributed by atoms with E-state index >= 15 is 0 Å². The number of hydrogen-bond acceptors (Lipinski definition) is 5. The molecule has 1 heterocycles. The van der Waals surface area contributed by atoms with Crippen molar-refractivity contribution in [2.45, 2.75) is 4.21 Å². The van der Waals surface area contributed by atoms with Crippen molar-refractivity contribution in [1.29, 1.82) is 0 Å². The summed E-state index contributed by atoms with van der Waals surface area (Å²) in [6, 6.07) is 12.5. The zero-order valence-corrected chi connectivity index (χ0v) is 19.2. The van der Waals surface area contributed by atoms with Crippen LogP contribution >= 0.6 is 67.2 Å². The molecule has 0 amide bonds. The van der Waals surface area contributed by atoms with Crippen molar-refractivity contribution < 1.29 is 19.4 Å². The number of halogens is 3. The van der Waals surface area contributed by atoms with Crippen LogP contribution in [0.15, 0.2) is 46.7 Å². The van der Waals surface area contributed by atoms with E-state index in [4.69, 9.17) is 44.6 Å². The molecule has 0 fully saturated rings. The van der Waals surface area contributed by atoms with Crippen LogP contribution in [0.4, 0.5) is 0 Å². The van der Waals surface area contributed by atoms with Gasteiger partial charge in [0.1, 0.15) is 15.6 Å². The van der Waals surface area contributed by atoms with Crippen molar-refractivity contribution in [1.82, 2.24) is 0 Å². The largest absolute Gasteiger partial charge is 0.480 e. The maximum atomic E-state index is 12.6. The van der Waals surface area contributed by atoms with Gasteiger partial charge in [-0.3, -0.25) is 4.79 Å². The summed E-state index contributed by atoms with van der Waals surface area (Å²) in [5, 5.41) is 9.43. The van der Waals surface area contributed by atoms with E-state index in [2.05, 4.69) is 0 Å². The number of hydrogen-bond donors (Lipinski definition) is 1. The van der Waals surface area contributed by atoms with Crippen LogP contribution in [0, 0.1) is 0 Å². The third-order valence-electron chi connectivity index (χ3n) is 3.65. The molecule has 0 saturated heterocycles. The molecule has 29 heavy (non-hydrogen) atoms. The standard InChI is InChI=1S/C19H11Cl3O4S3/c20-12-4-2-1-3-10(12)15-7-17(29-28-15)27-9-13(23)11-5-6-14(19(22)18(11)21)26-8-16(24)25/h1-7H,8-9H2/p+1. The minimum atomic E-state index is -1.14. The van der Waals surface area contributed by atoms with Gasteiger partial charge >= 0.3 is 16.3 Å². The molecule has 4 nitrogen and oxygen atoms in total.